The summed E-state index contributed by atoms with van der Waals surface area (Å²) in [5.41, 5.74) is 2.52. The summed E-state index contributed by atoms with van der Waals surface area (Å²) in [6, 6.07) is 11.6. The van der Waals surface area contributed by atoms with Crippen LogP contribution in [-0.4, -0.2) is 11.1 Å². The maximum Gasteiger partial charge on any atom is 0.371 e. The van der Waals surface area contributed by atoms with Gasteiger partial charge in [-0.3, -0.25) is 0 Å². The van der Waals surface area contributed by atoms with Crippen molar-refractivity contribution in [1.82, 2.24) is 0 Å². The normalized spacial score (nSPS) is 10.9. The van der Waals surface area contributed by atoms with Crippen molar-refractivity contribution in [3.63, 3.8) is 0 Å². The van der Waals surface area contributed by atoms with Crippen LogP contribution in [0.25, 0.3) is 0 Å². The van der Waals surface area contributed by atoms with Crippen LogP contribution < -0.4 is 0 Å². The Hall–Kier alpha value is -1.68. The summed E-state index contributed by atoms with van der Waals surface area (Å²) < 4.78 is 5.19. The van der Waals surface area contributed by atoms with E-state index in [1.165, 1.54) is 29.0 Å². The van der Waals surface area contributed by atoms with Crippen LogP contribution in [0, 0.1) is 0 Å². The molecule has 0 radical (unpaired) electrons. The van der Waals surface area contributed by atoms with Crippen LogP contribution in [0.1, 0.15) is 41.4 Å². The van der Waals surface area contributed by atoms with Gasteiger partial charge in [-0.1, -0.05) is 49.9 Å². The molecule has 0 aliphatic heterocycles. The van der Waals surface area contributed by atoms with Gasteiger partial charge in [-0.2, -0.15) is 0 Å². The Morgan fingerprint density at radius 1 is 1.21 bits per heavy atom. The lowest BCUT2D eigenvalue weighted by molar-refractivity contribution is 0.0656. The Balaban J connectivity index is 1.96. The predicted molar refractivity (Wildman–Crippen MR) is 75.8 cm³/mol. The molecule has 1 heterocycles. The minimum atomic E-state index is -1.03. The van der Waals surface area contributed by atoms with Gasteiger partial charge in [-0.25, -0.2) is 4.79 Å². The van der Waals surface area contributed by atoms with Gasteiger partial charge in [-0.15, -0.1) is 0 Å². The van der Waals surface area contributed by atoms with Gasteiger partial charge < -0.3 is 9.52 Å². The fraction of sp³-hybridized carbons (Fsp3) is 0.267. The highest BCUT2D eigenvalue weighted by Crippen LogP contribution is 2.25. The molecule has 100 valence electrons. The molecule has 4 heteroatoms. The van der Waals surface area contributed by atoms with E-state index in [1.54, 1.807) is 6.07 Å². The predicted octanol–water partition coefficient (Wildman–Crippen LogP) is 4.39. The standard InChI is InChI=1S/C15H16O3S/c1-10(2)12-5-3-11(4-6-12)9-19-14-8-7-13(18-14)15(16)17/h3-8,10H,9H2,1-2H3,(H,16,17). The van der Waals surface area contributed by atoms with Crippen LogP contribution in [0.4, 0.5) is 0 Å². The van der Waals surface area contributed by atoms with E-state index in [1.807, 2.05) is 0 Å². The molecule has 19 heavy (non-hydrogen) atoms. The van der Waals surface area contributed by atoms with E-state index in [9.17, 15) is 4.79 Å². The zero-order valence-corrected chi connectivity index (χ0v) is 11.7. The lowest BCUT2D eigenvalue weighted by Crippen LogP contribution is -1.91. The Morgan fingerprint density at radius 3 is 2.42 bits per heavy atom. The summed E-state index contributed by atoms with van der Waals surface area (Å²) in [6.07, 6.45) is 0. The summed E-state index contributed by atoms with van der Waals surface area (Å²) in [4.78, 5) is 10.7. The Kier molecular flexibility index (Phi) is 4.32. The first kappa shape index (κ1) is 13.7. The molecular weight excluding hydrogens is 260 g/mol. The summed E-state index contributed by atoms with van der Waals surface area (Å²) in [6.45, 7) is 4.33. The van der Waals surface area contributed by atoms with Crippen LogP contribution in [0.2, 0.25) is 0 Å². The van der Waals surface area contributed by atoms with Crippen molar-refractivity contribution in [1.29, 1.82) is 0 Å². The number of furan rings is 1. The van der Waals surface area contributed by atoms with Gasteiger partial charge in [0.15, 0.2) is 5.09 Å². The topological polar surface area (TPSA) is 50.4 Å². The third kappa shape index (κ3) is 3.64. The molecule has 1 aromatic carbocycles. The molecule has 0 fully saturated rings. The Bertz CT molecular complexity index is 555. The van der Waals surface area contributed by atoms with Crippen LogP contribution in [0.15, 0.2) is 45.9 Å². The van der Waals surface area contributed by atoms with Crippen molar-refractivity contribution in [3.8, 4) is 0 Å². The number of carboxylic acids is 1. The first-order chi connectivity index (χ1) is 9.06. The summed E-state index contributed by atoms with van der Waals surface area (Å²) in [5, 5.41) is 9.39. The maximum absolute atomic E-state index is 10.7. The van der Waals surface area contributed by atoms with Crippen molar-refractivity contribution in [2.45, 2.75) is 30.6 Å². The van der Waals surface area contributed by atoms with Crippen molar-refractivity contribution in [2.75, 3.05) is 0 Å². The van der Waals surface area contributed by atoms with Crippen molar-refractivity contribution in [3.05, 3.63) is 53.3 Å². The van der Waals surface area contributed by atoms with Gasteiger partial charge in [0.2, 0.25) is 5.76 Å². The van der Waals surface area contributed by atoms with Crippen molar-refractivity contribution < 1.29 is 14.3 Å². The zero-order chi connectivity index (χ0) is 13.8. The second kappa shape index (κ2) is 5.97. The van der Waals surface area contributed by atoms with Gasteiger partial charge in [-0.05, 0) is 29.2 Å². The number of benzene rings is 1. The van der Waals surface area contributed by atoms with E-state index in [4.69, 9.17) is 9.52 Å². The largest absolute Gasteiger partial charge is 0.475 e. The van der Waals surface area contributed by atoms with Gasteiger partial charge in [0, 0.05) is 5.75 Å². The molecule has 0 saturated heterocycles. The fourth-order valence-electron chi connectivity index (χ4n) is 1.67. The lowest BCUT2D eigenvalue weighted by Gasteiger charge is -2.06. The highest BCUT2D eigenvalue weighted by molar-refractivity contribution is 7.98. The number of carbonyl (C=O) groups is 1. The number of rotatable bonds is 5. The molecule has 2 aromatic rings. The Morgan fingerprint density at radius 2 is 1.89 bits per heavy atom. The molecule has 0 bridgehead atoms. The minimum Gasteiger partial charge on any atom is -0.475 e. The molecule has 3 nitrogen and oxygen atoms in total. The fourth-order valence-corrected chi connectivity index (χ4v) is 2.48. The van der Waals surface area contributed by atoms with Gasteiger partial charge in [0.1, 0.15) is 0 Å². The van der Waals surface area contributed by atoms with E-state index in [2.05, 4.69) is 38.1 Å². The molecule has 0 atom stereocenters. The van der Waals surface area contributed by atoms with Crippen molar-refractivity contribution >= 4 is 17.7 Å². The average molecular weight is 276 g/mol. The zero-order valence-electron chi connectivity index (χ0n) is 10.9. The van der Waals surface area contributed by atoms with E-state index in [-0.39, 0.29) is 5.76 Å². The summed E-state index contributed by atoms with van der Waals surface area (Å²) in [7, 11) is 0. The SMILES string of the molecule is CC(C)c1ccc(CSc2ccc(C(=O)O)o2)cc1. The van der Waals surface area contributed by atoms with Gasteiger partial charge in [0.05, 0.1) is 0 Å². The van der Waals surface area contributed by atoms with Gasteiger partial charge in [0.25, 0.3) is 0 Å². The second-order valence-electron chi connectivity index (χ2n) is 4.61. The third-order valence-electron chi connectivity index (χ3n) is 2.82. The number of hydrogen-bond acceptors (Lipinski definition) is 3. The first-order valence-electron chi connectivity index (χ1n) is 6.11. The number of thioether (sulfide) groups is 1. The molecule has 1 N–H and O–H groups in total. The first-order valence-corrected chi connectivity index (χ1v) is 7.09. The van der Waals surface area contributed by atoms with E-state index in [0.29, 0.717) is 11.0 Å². The average Bonchev–Trinajstić information content (AvgIpc) is 2.86. The van der Waals surface area contributed by atoms with E-state index < -0.39 is 5.97 Å². The second-order valence-corrected chi connectivity index (χ2v) is 5.59. The molecule has 0 amide bonds. The molecule has 2 rings (SSSR count). The number of carboxylic acid groups (broad SMARTS) is 1. The summed E-state index contributed by atoms with van der Waals surface area (Å²) >= 11 is 1.50. The van der Waals surface area contributed by atoms with Crippen LogP contribution in [0.5, 0.6) is 0 Å². The third-order valence-corrected chi connectivity index (χ3v) is 3.80. The molecule has 0 unspecified atom stereocenters. The van der Waals surface area contributed by atoms with Crippen LogP contribution >= 0.6 is 11.8 Å². The smallest absolute Gasteiger partial charge is 0.371 e. The summed E-state index contributed by atoms with van der Waals surface area (Å²) in [5.74, 6) is 0.251. The van der Waals surface area contributed by atoms with Crippen molar-refractivity contribution in [2.24, 2.45) is 0 Å². The molecule has 0 aliphatic rings. The van der Waals surface area contributed by atoms with Crippen LogP contribution in [-0.2, 0) is 5.75 Å². The molecular formula is C15H16O3S. The molecule has 0 saturated carbocycles. The van der Waals surface area contributed by atoms with E-state index >= 15 is 0 Å². The lowest BCUT2D eigenvalue weighted by atomic mass is 10.0. The minimum absolute atomic E-state index is 0.0161. The molecule has 1 aromatic heterocycles. The number of hydrogen-bond donors (Lipinski definition) is 1. The number of aromatic carboxylic acids is 1. The highest BCUT2D eigenvalue weighted by atomic mass is 32.2. The maximum atomic E-state index is 10.7. The van der Waals surface area contributed by atoms with E-state index in [0.717, 1.165) is 5.75 Å². The molecule has 0 spiro atoms. The highest BCUT2D eigenvalue weighted by Gasteiger charge is 2.09. The van der Waals surface area contributed by atoms with Crippen LogP contribution in [0.3, 0.4) is 0 Å². The monoisotopic (exact) mass is 276 g/mol. The van der Waals surface area contributed by atoms with Gasteiger partial charge >= 0.3 is 5.97 Å². The Labute approximate surface area is 116 Å². The quantitative estimate of drug-likeness (QED) is 0.823. The molecule has 0 aliphatic carbocycles.